The lowest BCUT2D eigenvalue weighted by Gasteiger charge is -2.06. The minimum Gasteiger partial charge on any atom is -0.495 e. The molecule has 3 aromatic rings. The number of nitrogens with zero attached hydrogens (tertiary/aromatic N) is 1. The first kappa shape index (κ1) is 14.8. The van der Waals surface area contributed by atoms with Crippen molar-refractivity contribution < 1.29 is 19.0 Å². The van der Waals surface area contributed by atoms with E-state index in [0.29, 0.717) is 22.2 Å². The Labute approximate surface area is 131 Å². The number of halogens is 1. The van der Waals surface area contributed by atoms with Crippen LogP contribution in [0.25, 0.3) is 23.1 Å². The van der Waals surface area contributed by atoms with E-state index in [4.69, 9.17) is 4.74 Å². The number of rotatable bonds is 4. The van der Waals surface area contributed by atoms with Crippen molar-refractivity contribution in [2.24, 2.45) is 0 Å². The number of hydrogen-bond donors (Lipinski definition) is 2. The fourth-order valence-corrected chi connectivity index (χ4v) is 2.39. The molecule has 5 nitrogen and oxygen atoms in total. The maximum Gasteiger partial charge on any atom is 0.339 e. The van der Waals surface area contributed by atoms with Gasteiger partial charge in [-0.05, 0) is 30.4 Å². The molecule has 0 saturated carbocycles. The number of ether oxygens (including phenoxy) is 1. The summed E-state index contributed by atoms with van der Waals surface area (Å²) in [6, 6.07) is 9.39. The predicted octanol–water partition coefficient (Wildman–Crippen LogP) is 3.58. The van der Waals surface area contributed by atoms with Crippen molar-refractivity contribution in [3.63, 3.8) is 0 Å². The first-order valence-corrected chi connectivity index (χ1v) is 6.83. The van der Waals surface area contributed by atoms with Crippen molar-refractivity contribution in [2.45, 2.75) is 0 Å². The van der Waals surface area contributed by atoms with E-state index in [-0.39, 0.29) is 17.1 Å². The number of fused-ring (bicyclic) bond motifs is 1. The lowest BCUT2D eigenvalue weighted by molar-refractivity contribution is 0.0693. The Hall–Kier alpha value is -3.15. The molecule has 6 heteroatoms. The monoisotopic (exact) mass is 312 g/mol. The van der Waals surface area contributed by atoms with Crippen LogP contribution in [0, 0.1) is 5.82 Å². The average molecular weight is 312 g/mol. The van der Waals surface area contributed by atoms with Crippen LogP contribution < -0.4 is 4.74 Å². The molecule has 0 spiro atoms. The molecule has 0 aliphatic heterocycles. The summed E-state index contributed by atoms with van der Waals surface area (Å²) in [6.07, 6.45) is 3.23. The summed E-state index contributed by atoms with van der Waals surface area (Å²) < 4.78 is 18.9. The van der Waals surface area contributed by atoms with Gasteiger partial charge in [-0.15, -0.1) is 0 Å². The van der Waals surface area contributed by atoms with Gasteiger partial charge < -0.3 is 9.84 Å². The molecule has 0 radical (unpaired) electrons. The van der Waals surface area contributed by atoms with E-state index < -0.39 is 5.97 Å². The van der Waals surface area contributed by atoms with Gasteiger partial charge in [-0.1, -0.05) is 18.2 Å². The van der Waals surface area contributed by atoms with E-state index in [1.807, 2.05) is 0 Å². The van der Waals surface area contributed by atoms with Crippen LogP contribution in [0.3, 0.4) is 0 Å². The largest absolute Gasteiger partial charge is 0.495 e. The highest BCUT2D eigenvalue weighted by Gasteiger charge is 2.17. The molecule has 0 saturated heterocycles. The van der Waals surface area contributed by atoms with Gasteiger partial charge in [-0.25, -0.2) is 9.18 Å². The molecular weight excluding hydrogens is 299 g/mol. The van der Waals surface area contributed by atoms with Gasteiger partial charge in [0.05, 0.1) is 23.7 Å². The topological polar surface area (TPSA) is 75.2 Å². The number of carboxylic acid groups (broad SMARTS) is 1. The number of methoxy groups -OCH3 is 1. The molecule has 0 unspecified atom stereocenters. The van der Waals surface area contributed by atoms with E-state index in [1.165, 1.54) is 19.2 Å². The fourth-order valence-electron chi connectivity index (χ4n) is 2.39. The predicted molar refractivity (Wildman–Crippen MR) is 84.9 cm³/mol. The van der Waals surface area contributed by atoms with Gasteiger partial charge in [-0.3, -0.25) is 5.10 Å². The molecule has 1 aromatic heterocycles. The minimum absolute atomic E-state index is 0.0435. The summed E-state index contributed by atoms with van der Waals surface area (Å²) in [7, 11) is 1.40. The van der Waals surface area contributed by atoms with Crippen LogP contribution in [-0.4, -0.2) is 28.4 Å². The molecule has 0 bridgehead atoms. The number of aromatic amines is 1. The number of benzene rings is 2. The maximum absolute atomic E-state index is 13.7. The standard InChI is InChI=1S/C17H13FN2O3/c1-23-16-11(17(21)22)7-9-14-15(16)13(19-20-14)8-6-10-4-2-3-5-12(10)18/h2-9H,1H3,(H,19,20)(H,21,22)/b8-6+. The third kappa shape index (κ3) is 2.66. The van der Waals surface area contributed by atoms with Gasteiger partial charge in [0.2, 0.25) is 0 Å². The van der Waals surface area contributed by atoms with E-state index in [0.717, 1.165) is 0 Å². The number of hydrogen-bond acceptors (Lipinski definition) is 3. The Morgan fingerprint density at radius 3 is 2.74 bits per heavy atom. The average Bonchev–Trinajstić information content (AvgIpc) is 2.96. The van der Waals surface area contributed by atoms with Crippen molar-refractivity contribution in [2.75, 3.05) is 7.11 Å². The Balaban J connectivity index is 2.13. The zero-order chi connectivity index (χ0) is 16.4. The number of carbonyl (C=O) groups is 1. The second kappa shape index (κ2) is 5.92. The Bertz CT molecular complexity index is 915. The first-order chi connectivity index (χ1) is 11.1. The first-order valence-electron chi connectivity index (χ1n) is 6.83. The molecule has 23 heavy (non-hydrogen) atoms. The quantitative estimate of drug-likeness (QED) is 0.772. The van der Waals surface area contributed by atoms with Crippen LogP contribution in [0.5, 0.6) is 5.75 Å². The summed E-state index contributed by atoms with van der Waals surface area (Å²) >= 11 is 0. The third-order valence-corrected chi connectivity index (χ3v) is 3.47. The van der Waals surface area contributed by atoms with Crippen molar-refractivity contribution in [3.8, 4) is 5.75 Å². The summed E-state index contributed by atoms with van der Waals surface area (Å²) in [5.41, 5.74) is 1.58. The molecule has 2 N–H and O–H groups in total. The number of nitrogens with one attached hydrogen (secondary N) is 1. The van der Waals surface area contributed by atoms with Crippen LogP contribution in [-0.2, 0) is 0 Å². The van der Waals surface area contributed by atoms with Crippen molar-refractivity contribution >= 4 is 29.0 Å². The van der Waals surface area contributed by atoms with Gasteiger partial charge in [0, 0.05) is 5.56 Å². The van der Waals surface area contributed by atoms with Gasteiger partial charge in [0.15, 0.2) is 0 Å². The lowest BCUT2D eigenvalue weighted by Crippen LogP contribution is -2.00. The second-order valence-corrected chi connectivity index (χ2v) is 4.84. The molecule has 0 amide bonds. The number of H-pyrrole nitrogens is 1. The smallest absolute Gasteiger partial charge is 0.339 e. The molecule has 0 fully saturated rings. The zero-order valence-electron chi connectivity index (χ0n) is 12.2. The van der Waals surface area contributed by atoms with Crippen LogP contribution in [0.1, 0.15) is 21.6 Å². The second-order valence-electron chi connectivity index (χ2n) is 4.84. The van der Waals surface area contributed by atoms with E-state index in [9.17, 15) is 14.3 Å². The molecule has 0 aliphatic carbocycles. The SMILES string of the molecule is COc1c(C(=O)O)ccc2n[nH]c(/C=C/c3ccccc3F)c12. The highest BCUT2D eigenvalue weighted by Crippen LogP contribution is 2.32. The van der Waals surface area contributed by atoms with Crippen LogP contribution in [0.15, 0.2) is 36.4 Å². The van der Waals surface area contributed by atoms with Crippen molar-refractivity contribution in [1.82, 2.24) is 10.2 Å². The minimum atomic E-state index is -1.09. The molecule has 0 aliphatic rings. The summed E-state index contributed by atoms with van der Waals surface area (Å²) in [5.74, 6) is -1.21. The number of aromatic nitrogens is 2. The molecule has 1 heterocycles. The van der Waals surface area contributed by atoms with Crippen molar-refractivity contribution in [3.05, 3.63) is 59.0 Å². The molecule has 116 valence electrons. The molecule has 3 rings (SSSR count). The summed E-state index contributed by atoms with van der Waals surface area (Å²) in [4.78, 5) is 11.3. The third-order valence-electron chi connectivity index (χ3n) is 3.47. The number of carboxylic acids is 1. The molecule has 2 aromatic carbocycles. The Morgan fingerprint density at radius 1 is 1.26 bits per heavy atom. The summed E-state index contributed by atoms with van der Waals surface area (Å²) in [5, 5.41) is 16.7. The Kier molecular flexibility index (Phi) is 3.80. The van der Waals surface area contributed by atoms with E-state index in [2.05, 4.69) is 10.2 Å². The van der Waals surface area contributed by atoms with Crippen LogP contribution in [0.4, 0.5) is 4.39 Å². The highest BCUT2D eigenvalue weighted by atomic mass is 19.1. The van der Waals surface area contributed by atoms with Crippen LogP contribution in [0.2, 0.25) is 0 Å². The Morgan fingerprint density at radius 2 is 2.04 bits per heavy atom. The van der Waals surface area contributed by atoms with Gasteiger partial charge in [0.25, 0.3) is 0 Å². The lowest BCUT2D eigenvalue weighted by atomic mass is 10.1. The van der Waals surface area contributed by atoms with Crippen molar-refractivity contribution in [1.29, 1.82) is 0 Å². The van der Waals surface area contributed by atoms with E-state index in [1.54, 1.807) is 36.4 Å². The molecule has 0 atom stereocenters. The summed E-state index contributed by atoms with van der Waals surface area (Å²) in [6.45, 7) is 0. The highest BCUT2D eigenvalue weighted by molar-refractivity contribution is 6.02. The molecular formula is C17H13FN2O3. The van der Waals surface area contributed by atoms with Gasteiger partial charge >= 0.3 is 5.97 Å². The van der Waals surface area contributed by atoms with Gasteiger partial charge in [-0.2, -0.15) is 5.10 Å². The zero-order valence-corrected chi connectivity index (χ0v) is 12.2. The van der Waals surface area contributed by atoms with Gasteiger partial charge in [0.1, 0.15) is 17.1 Å². The van der Waals surface area contributed by atoms with E-state index >= 15 is 0 Å². The fraction of sp³-hybridized carbons (Fsp3) is 0.0588. The normalized spacial score (nSPS) is 11.2. The number of aromatic carboxylic acids is 1. The maximum atomic E-state index is 13.7. The van der Waals surface area contributed by atoms with Crippen LogP contribution >= 0.6 is 0 Å².